The molecule has 1 aliphatic rings. The van der Waals surface area contributed by atoms with E-state index >= 15 is 0 Å². The van der Waals surface area contributed by atoms with Crippen LogP contribution in [-0.2, 0) is 11.3 Å². The predicted molar refractivity (Wildman–Crippen MR) is 75.6 cm³/mol. The molecule has 0 saturated carbocycles. The molecule has 2 rings (SSSR count). The molecule has 0 aliphatic carbocycles. The average Bonchev–Trinajstić information content (AvgIpc) is 2.90. The first-order chi connectivity index (χ1) is 9.99. The lowest BCUT2D eigenvalue weighted by Gasteiger charge is -2.33. The van der Waals surface area contributed by atoms with Crippen molar-refractivity contribution >= 4 is 12.0 Å². The number of carboxylic acids is 1. The SMILES string of the molecule is CCC1(C(=O)O)CCCN1C(=O)NCc1ccnc(C)n1. The number of aromatic nitrogens is 2. The Kier molecular flexibility index (Phi) is 4.40. The molecule has 1 fully saturated rings. The number of urea groups is 1. The minimum Gasteiger partial charge on any atom is -0.479 e. The second-order valence-corrected chi connectivity index (χ2v) is 5.20. The number of rotatable bonds is 4. The number of hydrogen-bond acceptors (Lipinski definition) is 4. The molecule has 2 amide bonds. The van der Waals surface area contributed by atoms with Gasteiger partial charge in [-0.15, -0.1) is 0 Å². The largest absolute Gasteiger partial charge is 0.479 e. The Morgan fingerprint density at radius 3 is 2.90 bits per heavy atom. The zero-order chi connectivity index (χ0) is 15.5. The first kappa shape index (κ1) is 15.2. The van der Waals surface area contributed by atoms with Gasteiger partial charge >= 0.3 is 12.0 Å². The fourth-order valence-corrected chi connectivity index (χ4v) is 2.78. The van der Waals surface area contributed by atoms with Crippen LogP contribution in [0.5, 0.6) is 0 Å². The number of nitrogens with one attached hydrogen (secondary N) is 1. The van der Waals surface area contributed by atoms with E-state index in [9.17, 15) is 14.7 Å². The second-order valence-electron chi connectivity index (χ2n) is 5.20. The Morgan fingerprint density at radius 1 is 1.52 bits per heavy atom. The number of nitrogens with zero attached hydrogens (tertiary/aromatic N) is 3. The van der Waals surface area contributed by atoms with Gasteiger partial charge in [0, 0.05) is 12.7 Å². The summed E-state index contributed by atoms with van der Waals surface area (Å²) in [6.45, 7) is 4.30. The third-order valence-electron chi connectivity index (χ3n) is 3.97. The second kappa shape index (κ2) is 6.07. The Hall–Kier alpha value is -2.18. The molecule has 1 saturated heterocycles. The van der Waals surface area contributed by atoms with Crippen LogP contribution in [0.3, 0.4) is 0 Å². The van der Waals surface area contributed by atoms with E-state index in [1.807, 2.05) is 0 Å². The summed E-state index contributed by atoms with van der Waals surface area (Å²) in [6.07, 6.45) is 3.24. The molecule has 1 atom stereocenters. The fraction of sp³-hybridized carbons (Fsp3) is 0.571. The van der Waals surface area contributed by atoms with Gasteiger partial charge in [0.2, 0.25) is 0 Å². The Labute approximate surface area is 123 Å². The highest BCUT2D eigenvalue weighted by molar-refractivity contribution is 5.87. The van der Waals surface area contributed by atoms with Gasteiger partial charge in [-0.1, -0.05) is 6.92 Å². The van der Waals surface area contributed by atoms with Gasteiger partial charge < -0.3 is 15.3 Å². The first-order valence-electron chi connectivity index (χ1n) is 7.07. The Balaban J connectivity index is 2.04. The summed E-state index contributed by atoms with van der Waals surface area (Å²) in [7, 11) is 0. The molecule has 0 aromatic carbocycles. The third kappa shape index (κ3) is 2.96. The van der Waals surface area contributed by atoms with E-state index in [1.54, 1.807) is 26.1 Å². The predicted octanol–water partition coefficient (Wildman–Crippen LogP) is 1.32. The number of carbonyl (C=O) groups excluding carboxylic acids is 1. The van der Waals surface area contributed by atoms with Gasteiger partial charge in [0.15, 0.2) is 0 Å². The maximum absolute atomic E-state index is 12.3. The van der Waals surface area contributed by atoms with Crippen LogP contribution in [0.25, 0.3) is 0 Å². The number of likely N-dealkylation sites (tertiary alicyclic amines) is 1. The van der Waals surface area contributed by atoms with E-state index in [-0.39, 0.29) is 12.6 Å². The lowest BCUT2D eigenvalue weighted by Crippen LogP contribution is -2.55. The molecule has 2 heterocycles. The number of carboxylic acid groups (broad SMARTS) is 1. The van der Waals surface area contributed by atoms with Crippen LogP contribution in [-0.4, -0.2) is 44.1 Å². The van der Waals surface area contributed by atoms with Crippen molar-refractivity contribution in [3.05, 3.63) is 23.8 Å². The summed E-state index contributed by atoms with van der Waals surface area (Å²) in [6, 6.07) is 1.37. The highest BCUT2D eigenvalue weighted by Crippen LogP contribution is 2.32. The summed E-state index contributed by atoms with van der Waals surface area (Å²) in [5, 5.41) is 12.2. The minimum absolute atomic E-state index is 0.262. The standard InChI is InChI=1S/C14H20N4O3/c1-3-14(12(19)20)6-4-8-18(14)13(21)16-9-11-5-7-15-10(2)17-11/h5,7H,3-4,6,8-9H2,1-2H3,(H,16,21)(H,19,20). The van der Waals surface area contributed by atoms with Crippen molar-refractivity contribution in [1.29, 1.82) is 0 Å². The smallest absolute Gasteiger partial charge is 0.329 e. The van der Waals surface area contributed by atoms with Gasteiger partial charge in [-0.3, -0.25) is 0 Å². The van der Waals surface area contributed by atoms with Crippen molar-refractivity contribution in [3.63, 3.8) is 0 Å². The van der Waals surface area contributed by atoms with Gasteiger partial charge in [0.25, 0.3) is 0 Å². The monoisotopic (exact) mass is 292 g/mol. The van der Waals surface area contributed by atoms with E-state index in [4.69, 9.17) is 0 Å². The summed E-state index contributed by atoms with van der Waals surface area (Å²) in [5.41, 5.74) is -0.376. The van der Waals surface area contributed by atoms with Gasteiger partial charge in [-0.05, 0) is 32.3 Å². The zero-order valence-corrected chi connectivity index (χ0v) is 12.3. The molecule has 7 nitrogen and oxygen atoms in total. The van der Waals surface area contributed by atoms with Crippen molar-refractivity contribution < 1.29 is 14.7 Å². The molecule has 114 valence electrons. The van der Waals surface area contributed by atoms with Crippen LogP contribution in [0, 0.1) is 6.92 Å². The molecule has 0 bridgehead atoms. The number of aryl methyl sites for hydroxylation is 1. The third-order valence-corrected chi connectivity index (χ3v) is 3.97. The molecule has 0 radical (unpaired) electrons. The van der Waals surface area contributed by atoms with Crippen LogP contribution in [0.2, 0.25) is 0 Å². The van der Waals surface area contributed by atoms with E-state index in [0.29, 0.717) is 37.3 Å². The van der Waals surface area contributed by atoms with Crippen LogP contribution in [0.1, 0.15) is 37.7 Å². The van der Waals surface area contributed by atoms with Crippen LogP contribution < -0.4 is 5.32 Å². The van der Waals surface area contributed by atoms with Gasteiger partial charge in [-0.2, -0.15) is 0 Å². The first-order valence-corrected chi connectivity index (χ1v) is 7.07. The van der Waals surface area contributed by atoms with E-state index in [2.05, 4.69) is 15.3 Å². The topological polar surface area (TPSA) is 95.4 Å². The molecule has 2 N–H and O–H groups in total. The molecule has 1 unspecified atom stereocenters. The molecule has 1 aromatic heterocycles. The highest BCUT2D eigenvalue weighted by Gasteiger charge is 2.48. The summed E-state index contributed by atoms with van der Waals surface area (Å²) in [4.78, 5) is 33.5. The normalized spacial score (nSPS) is 21.3. The summed E-state index contributed by atoms with van der Waals surface area (Å²) in [5.74, 6) is -0.299. The minimum atomic E-state index is -1.08. The maximum Gasteiger partial charge on any atom is 0.329 e. The van der Waals surface area contributed by atoms with E-state index in [1.165, 1.54) is 4.90 Å². The molecular formula is C14H20N4O3. The molecule has 1 aromatic rings. The van der Waals surface area contributed by atoms with Crippen molar-refractivity contribution in [2.75, 3.05) is 6.54 Å². The number of amides is 2. The Morgan fingerprint density at radius 2 is 2.29 bits per heavy atom. The van der Waals surface area contributed by atoms with Gasteiger partial charge in [0.05, 0.1) is 12.2 Å². The van der Waals surface area contributed by atoms with Gasteiger partial charge in [0.1, 0.15) is 11.4 Å². The molecule has 7 heteroatoms. The molecule has 0 spiro atoms. The maximum atomic E-state index is 12.3. The quantitative estimate of drug-likeness (QED) is 0.872. The van der Waals surface area contributed by atoms with Crippen molar-refractivity contribution in [1.82, 2.24) is 20.2 Å². The van der Waals surface area contributed by atoms with Crippen molar-refractivity contribution in [3.8, 4) is 0 Å². The van der Waals surface area contributed by atoms with Crippen molar-refractivity contribution in [2.24, 2.45) is 0 Å². The molecular weight excluding hydrogens is 272 g/mol. The molecule has 1 aliphatic heterocycles. The van der Waals surface area contributed by atoms with Crippen molar-refractivity contribution in [2.45, 2.75) is 45.2 Å². The van der Waals surface area contributed by atoms with E-state index < -0.39 is 11.5 Å². The van der Waals surface area contributed by atoms with Gasteiger partial charge in [-0.25, -0.2) is 19.6 Å². The van der Waals surface area contributed by atoms with Crippen LogP contribution in [0.4, 0.5) is 4.79 Å². The zero-order valence-electron chi connectivity index (χ0n) is 12.3. The highest BCUT2D eigenvalue weighted by atomic mass is 16.4. The summed E-state index contributed by atoms with van der Waals surface area (Å²) < 4.78 is 0. The lowest BCUT2D eigenvalue weighted by molar-refractivity contribution is -0.148. The Bertz CT molecular complexity index is 549. The van der Waals surface area contributed by atoms with E-state index in [0.717, 1.165) is 0 Å². The lowest BCUT2D eigenvalue weighted by atomic mass is 9.93. The van der Waals surface area contributed by atoms with Crippen LogP contribution >= 0.6 is 0 Å². The molecule has 21 heavy (non-hydrogen) atoms. The fourth-order valence-electron chi connectivity index (χ4n) is 2.78. The number of aliphatic carboxylic acids is 1. The number of hydrogen-bond donors (Lipinski definition) is 2. The summed E-state index contributed by atoms with van der Waals surface area (Å²) >= 11 is 0. The van der Waals surface area contributed by atoms with Crippen LogP contribution in [0.15, 0.2) is 12.3 Å². The number of carbonyl (C=O) groups is 2. The average molecular weight is 292 g/mol.